The number of hydrogen-bond acceptors (Lipinski definition) is 4. The van der Waals surface area contributed by atoms with Crippen LogP contribution in [0, 0.1) is 0 Å². The largest absolute Gasteiger partial charge is 0.467 e. The molecule has 5 nitrogen and oxygen atoms in total. The topological polar surface area (TPSA) is 75.6 Å². The minimum absolute atomic E-state index is 0.331. The summed E-state index contributed by atoms with van der Waals surface area (Å²) in [5.41, 5.74) is 0. The molecule has 0 radical (unpaired) electrons. The van der Waals surface area contributed by atoms with E-state index in [0.717, 1.165) is 0 Å². The third-order valence-corrected chi connectivity index (χ3v) is 0.938. The number of hydrogen-bond donors (Lipinski definition) is 2. The van der Waals surface area contributed by atoms with Crippen LogP contribution in [0.3, 0.4) is 0 Å². The fourth-order valence-electron chi connectivity index (χ4n) is 0.420. The zero-order valence-electron chi connectivity index (χ0n) is 5.53. The van der Waals surface area contributed by atoms with E-state index in [9.17, 15) is 9.59 Å². The number of esters is 1. The van der Waals surface area contributed by atoms with Gasteiger partial charge in [-0.25, -0.2) is 4.79 Å². The molecule has 0 aromatic carbocycles. The molecule has 0 aliphatic rings. The number of methoxy groups -OCH3 is 1. The van der Waals surface area contributed by atoms with Crippen molar-refractivity contribution < 1.29 is 19.4 Å². The summed E-state index contributed by atoms with van der Waals surface area (Å²) in [5.74, 6) is -0.658. The number of aliphatic hydroxyl groups is 1. The second kappa shape index (κ2) is 4.75. The molecule has 0 saturated heterocycles. The molecule has 0 heterocycles. The predicted molar refractivity (Wildman–Crippen MR) is 32.1 cm³/mol. The lowest BCUT2D eigenvalue weighted by molar-refractivity contribution is -0.145. The van der Waals surface area contributed by atoms with Gasteiger partial charge in [0.15, 0.2) is 0 Å². The van der Waals surface area contributed by atoms with Gasteiger partial charge < -0.3 is 15.2 Å². The highest BCUT2D eigenvalue weighted by Gasteiger charge is 2.15. The Labute approximate surface area is 58.0 Å². The van der Waals surface area contributed by atoms with Gasteiger partial charge in [0.25, 0.3) is 0 Å². The summed E-state index contributed by atoms with van der Waals surface area (Å²) in [7, 11) is 1.18. The van der Waals surface area contributed by atoms with Crippen molar-refractivity contribution in [3.05, 3.63) is 0 Å². The Kier molecular flexibility index (Phi) is 4.23. The van der Waals surface area contributed by atoms with Gasteiger partial charge in [0, 0.05) is 0 Å². The van der Waals surface area contributed by atoms with E-state index in [1.54, 1.807) is 0 Å². The summed E-state index contributed by atoms with van der Waals surface area (Å²) in [6.45, 7) is -0.453. The summed E-state index contributed by atoms with van der Waals surface area (Å²) in [6, 6.07) is -0.942. The van der Waals surface area contributed by atoms with E-state index in [2.05, 4.69) is 10.1 Å². The molecule has 58 valence electrons. The molecule has 0 saturated carbocycles. The van der Waals surface area contributed by atoms with Gasteiger partial charge in [0.2, 0.25) is 6.41 Å². The van der Waals surface area contributed by atoms with Crippen molar-refractivity contribution in [2.75, 3.05) is 13.7 Å². The van der Waals surface area contributed by atoms with Crippen molar-refractivity contribution in [1.82, 2.24) is 5.32 Å². The van der Waals surface area contributed by atoms with Crippen molar-refractivity contribution in [3.8, 4) is 0 Å². The van der Waals surface area contributed by atoms with Gasteiger partial charge in [0.1, 0.15) is 6.04 Å². The van der Waals surface area contributed by atoms with E-state index in [1.807, 2.05) is 0 Å². The zero-order chi connectivity index (χ0) is 7.98. The molecule has 0 rings (SSSR count). The Hall–Kier alpha value is -1.10. The quantitative estimate of drug-likeness (QED) is 0.366. The maximum absolute atomic E-state index is 10.5. The Balaban J connectivity index is 3.79. The smallest absolute Gasteiger partial charge is 0.330 e. The van der Waals surface area contributed by atoms with Crippen LogP contribution in [0.25, 0.3) is 0 Å². The number of carbonyl (C=O) groups is 2. The van der Waals surface area contributed by atoms with Crippen molar-refractivity contribution in [1.29, 1.82) is 0 Å². The van der Waals surface area contributed by atoms with E-state index in [0.29, 0.717) is 6.41 Å². The average Bonchev–Trinajstić information content (AvgIpc) is 1.99. The van der Waals surface area contributed by atoms with Crippen LogP contribution in [0.15, 0.2) is 0 Å². The molecule has 1 atom stereocenters. The molecular formula is C5H9NO4. The first kappa shape index (κ1) is 8.90. The SMILES string of the molecule is COC(=O)C(CO)NC=O. The van der Waals surface area contributed by atoms with Crippen LogP contribution in [-0.2, 0) is 14.3 Å². The molecule has 0 spiro atoms. The Morgan fingerprint density at radius 1 is 1.90 bits per heavy atom. The van der Waals surface area contributed by atoms with Crippen molar-refractivity contribution in [2.24, 2.45) is 0 Å². The highest BCUT2D eigenvalue weighted by atomic mass is 16.5. The minimum Gasteiger partial charge on any atom is -0.467 e. The molecule has 0 aromatic heterocycles. The van der Waals surface area contributed by atoms with Crippen molar-refractivity contribution in [3.63, 3.8) is 0 Å². The third-order valence-electron chi connectivity index (χ3n) is 0.938. The van der Waals surface area contributed by atoms with Crippen molar-refractivity contribution >= 4 is 12.4 Å². The molecule has 2 N–H and O–H groups in total. The number of aliphatic hydroxyl groups excluding tert-OH is 1. The highest BCUT2D eigenvalue weighted by molar-refractivity contribution is 5.78. The fraction of sp³-hybridized carbons (Fsp3) is 0.600. The molecule has 0 bridgehead atoms. The molecule has 0 aromatic rings. The van der Waals surface area contributed by atoms with Gasteiger partial charge in [-0.2, -0.15) is 0 Å². The van der Waals surface area contributed by atoms with E-state index in [1.165, 1.54) is 7.11 Å². The molecular weight excluding hydrogens is 138 g/mol. The lowest BCUT2D eigenvalue weighted by Gasteiger charge is -2.08. The number of amides is 1. The zero-order valence-corrected chi connectivity index (χ0v) is 5.53. The predicted octanol–water partition coefficient (Wildman–Crippen LogP) is -1.73. The van der Waals surface area contributed by atoms with E-state index < -0.39 is 18.6 Å². The Morgan fingerprint density at radius 2 is 2.50 bits per heavy atom. The number of ether oxygens (including phenoxy) is 1. The molecule has 0 fully saturated rings. The van der Waals surface area contributed by atoms with Gasteiger partial charge >= 0.3 is 5.97 Å². The van der Waals surface area contributed by atoms with Gasteiger partial charge in [-0.1, -0.05) is 0 Å². The maximum atomic E-state index is 10.5. The molecule has 10 heavy (non-hydrogen) atoms. The van der Waals surface area contributed by atoms with Gasteiger partial charge in [-0.05, 0) is 0 Å². The summed E-state index contributed by atoms with van der Waals surface area (Å²) >= 11 is 0. The van der Waals surface area contributed by atoms with E-state index in [4.69, 9.17) is 5.11 Å². The van der Waals surface area contributed by atoms with Crippen LogP contribution in [0.2, 0.25) is 0 Å². The van der Waals surface area contributed by atoms with Crippen molar-refractivity contribution in [2.45, 2.75) is 6.04 Å². The minimum atomic E-state index is -0.942. The highest BCUT2D eigenvalue weighted by Crippen LogP contribution is 1.83. The average molecular weight is 147 g/mol. The number of nitrogens with one attached hydrogen (secondary N) is 1. The van der Waals surface area contributed by atoms with Gasteiger partial charge in [-0.15, -0.1) is 0 Å². The summed E-state index contributed by atoms with van der Waals surface area (Å²) in [4.78, 5) is 20.3. The fourth-order valence-corrected chi connectivity index (χ4v) is 0.420. The molecule has 1 amide bonds. The van der Waals surface area contributed by atoms with Crippen LogP contribution < -0.4 is 5.32 Å². The lowest BCUT2D eigenvalue weighted by atomic mass is 10.3. The second-order valence-corrected chi connectivity index (χ2v) is 1.54. The first-order valence-corrected chi connectivity index (χ1v) is 2.64. The number of carbonyl (C=O) groups excluding carboxylic acids is 2. The van der Waals surface area contributed by atoms with E-state index >= 15 is 0 Å². The molecule has 0 aliphatic carbocycles. The van der Waals surface area contributed by atoms with Crippen LogP contribution in [0.5, 0.6) is 0 Å². The van der Waals surface area contributed by atoms with Crippen LogP contribution in [0.1, 0.15) is 0 Å². The first-order valence-electron chi connectivity index (χ1n) is 2.64. The third kappa shape index (κ3) is 2.45. The van der Waals surface area contributed by atoms with Gasteiger partial charge in [0.05, 0.1) is 13.7 Å². The van der Waals surface area contributed by atoms with Crippen LogP contribution in [-0.4, -0.2) is 37.2 Å². The first-order chi connectivity index (χ1) is 4.76. The van der Waals surface area contributed by atoms with Gasteiger partial charge in [-0.3, -0.25) is 4.79 Å². The Bertz CT molecular complexity index is 125. The number of rotatable bonds is 4. The van der Waals surface area contributed by atoms with Crippen LogP contribution in [0.4, 0.5) is 0 Å². The van der Waals surface area contributed by atoms with E-state index in [-0.39, 0.29) is 0 Å². The second-order valence-electron chi connectivity index (χ2n) is 1.54. The molecule has 5 heteroatoms. The molecule has 1 unspecified atom stereocenters. The maximum Gasteiger partial charge on any atom is 0.330 e. The monoisotopic (exact) mass is 147 g/mol. The normalized spacial score (nSPS) is 11.8. The summed E-state index contributed by atoms with van der Waals surface area (Å²) < 4.78 is 4.24. The summed E-state index contributed by atoms with van der Waals surface area (Å²) in [5, 5.41) is 10.5. The standard InChI is InChI=1S/C5H9NO4/c1-10-5(9)4(2-7)6-3-8/h3-4,7H,2H2,1H3,(H,6,8). The lowest BCUT2D eigenvalue weighted by Crippen LogP contribution is -2.39. The summed E-state index contributed by atoms with van der Waals surface area (Å²) in [6.07, 6.45) is 0.331. The molecule has 0 aliphatic heterocycles. The Morgan fingerprint density at radius 3 is 2.80 bits per heavy atom. The van der Waals surface area contributed by atoms with Crippen LogP contribution >= 0.6 is 0 Å².